The van der Waals surface area contributed by atoms with Crippen LogP contribution >= 0.6 is 11.6 Å². The first-order valence-electron chi connectivity index (χ1n) is 8.82. The number of hydrogen-bond donors (Lipinski definition) is 1. The molecule has 26 heavy (non-hydrogen) atoms. The van der Waals surface area contributed by atoms with E-state index >= 15 is 0 Å². The van der Waals surface area contributed by atoms with Crippen molar-refractivity contribution >= 4 is 17.5 Å². The molecule has 140 valence electrons. The van der Waals surface area contributed by atoms with Gasteiger partial charge in [-0.15, -0.1) is 0 Å². The Bertz CT molecular complexity index is 741. The Hall–Kier alpha value is -1.96. The zero-order chi connectivity index (χ0) is 18.5. The fourth-order valence-electron chi connectivity index (χ4n) is 2.93. The summed E-state index contributed by atoms with van der Waals surface area (Å²) in [6, 6.07) is 7.57. The monoisotopic (exact) mass is 377 g/mol. The maximum Gasteiger partial charge on any atom is 0.241 e. The highest BCUT2D eigenvalue weighted by atomic mass is 35.5. The number of piperazine rings is 1. The fraction of sp³-hybridized carbons (Fsp3) is 0.500. The van der Waals surface area contributed by atoms with Crippen LogP contribution in [0.5, 0.6) is 0 Å². The first kappa shape index (κ1) is 18.8. The van der Waals surface area contributed by atoms with E-state index in [1.165, 1.54) is 0 Å². The first-order valence-corrected chi connectivity index (χ1v) is 9.20. The normalized spacial score (nSPS) is 16.2. The van der Waals surface area contributed by atoms with E-state index in [9.17, 15) is 4.79 Å². The van der Waals surface area contributed by atoms with Crippen LogP contribution in [0.25, 0.3) is 11.4 Å². The summed E-state index contributed by atoms with van der Waals surface area (Å²) in [5.41, 5.74) is 0.841. The van der Waals surface area contributed by atoms with E-state index in [1.807, 2.05) is 38.1 Å². The lowest BCUT2D eigenvalue weighted by Gasteiger charge is -2.33. The van der Waals surface area contributed by atoms with Crippen molar-refractivity contribution in [2.75, 3.05) is 32.7 Å². The van der Waals surface area contributed by atoms with Crippen LogP contribution in [0.3, 0.4) is 0 Å². The molecule has 1 N–H and O–H groups in total. The van der Waals surface area contributed by atoms with Gasteiger partial charge in [-0.2, -0.15) is 4.98 Å². The number of aromatic nitrogens is 2. The lowest BCUT2D eigenvalue weighted by atomic mass is 10.2. The number of carbonyl (C=O) groups excluding carboxylic acids is 1. The van der Waals surface area contributed by atoms with Gasteiger partial charge in [-0.25, -0.2) is 0 Å². The van der Waals surface area contributed by atoms with E-state index in [2.05, 4.69) is 25.3 Å². The second-order valence-electron chi connectivity index (χ2n) is 6.80. The molecule has 2 aromatic rings. The number of nitrogens with one attached hydrogen (secondary N) is 1. The van der Waals surface area contributed by atoms with E-state index in [1.54, 1.807) is 0 Å². The van der Waals surface area contributed by atoms with E-state index in [-0.39, 0.29) is 11.9 Å². The largest absolute Gasteiger partial charge is 0.353 e. The molecule has 0 aliphatic carbocycles. The minimum atomic E-state index is 0.0801. The van der Waals surface area contributed by atoms with E-state index in [4.69, 9.17) is 16.1 Å². The Kier molecular flexibility index (Phi) is 6.24. The molecule has 2 heterocycles. The highest BCUT2D eigenvalue weighted by Gasteiger charge is 2.21. The van der Waals surface area contributed by atoms with E-state index in [0.717, 1.165) is 31.7 Å². The van der Waals surface area contributed by atoms with Crippen LogP contribution in [0.15, 0.2) is 28.8 Å². The molecule has 0 spiro atoms. The minimum absolute atomic E-state index is 0.0801. The summed E-state index contributed by atoms with van der Waals surface area (Å²) in [7, 11) is 0. The van der Waals surface area contributed by atoms with Crippen LogP contribution in [0, 0.1) is 0 Å². The van der Waals surface area contributed by atoms with Crippen molar-refractivity contribution in [3.05, 3.63) is 35.2 Å². The second kappa shape index (κ2) is 8.62. The van der Waals surface area contributed by atoms with E-state index < -0.39 is 0 Å². The number of nitrogens with zero attached hydrogens (tertiary/aromatic N) is 4. The van der Waals surface area contributed by atoms with Gasteiger partial charge in [0.15, 0.2) is 0 Å². The molecule has 1 fully saturated rings. The van der Waals surface area contributed by atoms with Gasteiger partial charge in [-0.3, -0.25) is 14.6 Å². The molecule has 0 saturated carbocycles. The topological polar surface area (TPSA) is 74.5 Å². The highest BCUT2D eigenvalue weighted by Crippen LogP contribution is 2.20. The smallest absolute Gasteiger partial charge is 0.241 e. The maximum atomic E-state index is 11.8. The first-order chi connectivity index (χ1) is 12.5. The molecule has 7 nitrogen and oxygen atoms in total. The Balaban J connectivity index is 1.49. The summed E-state index contributed by atoms with van der Waals surface area (Å²) in [5.74, 6) is 1.22. The Morgan fingerprint density at radius 3 is 2.69 bits per heavy atom. The predicted molar refractivity (Wildman–Crippen MR) is 99.7 cm³/mol. The number of rotatable bonds is 6. The van der Waals surface area contributed by atoms with Crippen molar-refractivity contribution in [1.29, 1.82) is 0 Å². The van der Waals surface area contributed by atoms with Gasteiger partial charge in [0.05, 0.1) is 13.1 Å². The summed E-state index contributed by atoms with van der Waals surface area (Å²) in [6.45, 7) is 8.43. The van der Waals surface area contributed by atoms with Crippen LogP contribution in [-0.2, 0) is 11.3 Å². The molecule has 0 bridgehead atoms. The van der Waals surface area contributed by atoms with Crippen LogP contribution in [0.4, 0.5) is 0 Å². The van der Waals surface area contributed by atoms with Crippen molar-refractivity contribution in [2.45, 2.75) is 26.4 Å². The number of halogens is 1. The summed E-state index contributed by atoms with van der Waals surface area (Å²) in [5, 5.41) is 7.61. The molecular formula is C18H24ClN5O2. The van der Waals surface area contributed by atoms with Crippen molar-refractivity contribution in [1.82, 2.24) is 25.3 Å². The minimum Gasteiger partial charge on any atom is -0.353 e. The van der Waals surface area contributed by atoms with Gasteiger partial charge in [0.1, 0.15) is 0 Å². The van der Waals surface area contributed by atoms with Crippen LogP contribution in [-0.4, -0.2) is 64.6 Å². The number of carbonyl (C=O) groups is 1. The van der Waals surface area contributed by atoms with Crippen LogP contribution in [0.2, 0.25) is 5.02 Å². The molecule has 0 unspecified atom stereocenters. The third-order valence-electron chi connectivity index (χ3n) is 4.19. The number of hydrogen-bond acceptors (Lipinski definition) is 6. The second-order valence-corrected chi connectivity index (χ2v) is 7.23. The van der Waals surface area contributed by atoms with Gasteiger partial charge in [-0.05, 0) is 26.0 Å². The molecule has 3 rings (SSSR count). The molecule has 1 aliphatic rings. The fourth-order valence-corrected chi connectivity index (χ4v) is 3.12. The Morgan fingerprint density at radius 1 is 1.27 bits per heavy atom. The molecule has 8 heteroatoms. The summed E-state index contributed by atoms with van der Waals surface area (Å²) in [6.07, 6.45) is 0. The van der Waals surface area contributed by atoms with Crippen molar-refractivity contribution in [2.24, 2.45) is 0 Å². The zero-order valence-corrected chi connectivity index (χ0v) is 15.9. The Labute approximate surface area is 158 Å². The molecule has 1 amide bonds. The molecular weight excluding hydrogens is 354 g/mol. The molecule has 1 aliphatic heterocycles. The molecule has 0 atom stereocenters. The molecule has 1 aromatic heterocycles. The molecule has 1 aromatic carbocycles. The molecule has 1 saturated heterocycles. The van der Waals surface area contributed by atoms with E-state index in [0.29, 0.717) is 29.8 Å². The van der Waals surface area contributed by atoms with Crippen molar-refractivity contribution < 1.29 is 9.32 Å². The maximum absolute atomic E-state index is 11.8. The zero-order valence-electron chi connectivity index (χ0n) is 15.1. The van der Waals surface area contributed by atoms with Gasteiger partial charge < -0.3 is 9.84 Å². The van der Waals surface area contributed by atoms with Gasteiger partial charge in [0, 0.05) is 42.8 Å². The van der Waals surface area contributed by atoms with Crippen LogP contribution in [0.1, 0.15) is 19.7 Å². The summed E-state index contributed by atoms with van der Waals surface area (Å²) in [4.78, 5) is 20.7. The summed E-state index contributed by atoms with van der Waals surface area (Å²) < 4.78 is 5.37. The van der Waals surface area contributed by atoms with Gasteiger partial charge in [0.2, 0.25) is 17.6 Å². The summed E-state index contributed by atoms with van der Waals surface area (Å²) >= 11 is 6.01. The third-order valence-corrected chi connectivity index (χ3v) is 4.43. The number of benzene rings is 1. The third kappa shape index (κ3) is 5.27. The van der Waals surface area contributed by atoms with Gasteiger partial charge >= 0.3 is 0 Å². The molecule has 0 radical (unpaired) electrons. The standard InChI is InChI=1S/C18H24ClN5O2/c1-13(2)20-16(25)11-23-6-8-24(9-7-23)12-17-21-18(22-26-17)14-4-3-5-15(19)10-14/h3-5,10,13H,6-9,11-12H2,1-2H3,(H,20,25). The Morgan fingerprint density at radius 2 is 2.00 bits per heavy atom. The lowest BCUT2D eigenvalue weighted by Crippen LogP contribution is -2.49. The quantitative estimate of drug-likeness (QED) is 0.830. The highest BCUT2D eigenvalue weighted by molar-refractivity contribution is 6.30. The average Bonchev–Trinajstić information content (AvgIpc) is 3.04. The lowest BCUT2D eigenvalue weighted by molar-refractivity contribution is -0.123. The SMILES string of the molecule is CC(C)NC(=O)CN1CCN(Cc2nc(-c3cccc(Cl)c3)no2)CC1. The van der Waals surface area contributed by atoms with Gasteiger partial charge in [-0.1, -0.05) is 28.9 Å². The number of amides is 1. The average molecular weight is 378 g/mol. The predicted octanol–water partition coefficient (Wildman–Crippen LogP) is 2.03. The van der Waals surface area contributed by atoms with Gasteiger partial charge in [0.25, 0.3) is 0 Å². The van der Waals surface area contributed by atoms with Crippen molar-refractivity contribution in [3.63, 3.8) is 0 Å². The van der Waals surface area contributed by atoms with Crippen molar-refractivity contribution in [3.8, 4) is 11.4 Å². The van der Waals surface area contributed by atoms with Crippen LogP contribution < -0.4 is 5.32 Å².